The SMILES string of the molecule is O=C1CCN(C2(c3cc(F)cc(Cl)c3)CC2)CC1. The predicted molar refractivity (Wildman–Crippen MR) is 68.1 cm³/mol. The topological polar surface area (TPSA) is 20.3 Å². The van der Waals surface area contributed by atoms with Crippen LogP contribution in [0.15, 0.2) is 18.2 Å². The van der Waals surface area contributed by atoms with Crippen LogP contribution < -0.4 is 0 Å². The highest BCUT2D eigenvalue weighted by molar-refractivity contribution is 6.30. The summed E-state index contributed by atoms with van der Waals surface area (Å²) in [4.78, 5) is 13.6. The van der Waals surface area contributed by atoms with Crippen molar-refractivity contribution in [1.29, 1.82) is 0 Å². The first-order chi connectivity index (χ1) is 8.60. The van der Waals surface area contributed by atoms with Crippen LogP contribution in [-0.2, 0) is 10.3 Å². The van der Waals surface area contributed by atoms with E-state index in [1.54, 1.807) is 6.07 Å². The molecule has 3 rings (SSSR count). The lowest BCUT2D eigenvalue weighted by atomic mass is 9.99. The van der Waals surface area contributed by atoms with E-state index in [9.17, 15) is 9.18 Å². The van der Waals surface area contributed by atoms with E-state index in [0.29, 0.717) is 23.6 Å². The zero-order valence-electron chi connectivity index (χ0n) is 10.1. The number of likely N-dealkylation sites (tertiary alicyclic amines) is 1. The minimum atomic E-state index is -0.281. The summed E-state index contributed by atoms with van der Waals surface area (Å²) >= 11 is 5.93. The van der Waals surface area contributed by atoms with Crippen molar-refractivity contribution < 1.29 is 9.18 Å². The normalized spacial score (nSPS) is 23.1. The highest BCUT2D eigenvalue weighted by atomic mass is 35.5. The highest BCUT2D eigenvalue weighted by Gasteiger charge is 2.50. The first-order valence-corrected chi connectivity index (χ1v) is 6.71. The molecule has 4 heteroatoms. The molecule has 0 amide bonds. The van der Waals surface area contributed by atoms with Crippen molar-refractivity contribution >= 4 is 17.4 Å². The average molecular weight is 268 g/mol. The molecule has 1 saturated heterocycles. The van der Waals surface area contributed by atoms with Gasteiger partial charge >= 0.3 is 0 Å². The Labute approximate surface area is 111 Å². The Balaban J connectivity index is 1.88. The Morgan fingerprint density at radius 2 is 1.83 bits per heavy atom. The van der Waals surface area contributed by atoms with Gasteiger partial charge in [0.25, 0.3) is 0 Å². The first-order valence-electron chi connectivity index (χ1n) is 6.33. The van der Waals surface area contributed by atoms with Crippen LogP contribution in [0, 0.1) is 5.82 Å². The number of carbonyl (C=O) groups is 1. The minimum absolute atomic E-state index is 0.0631. The maximum absolute atomic E-state index is 13.5. The number of halogens is 2. The molecule has 0 atom stereocenters. The van der Waals surface area contributed by atoms with Crippen molar-refractivity contribution in [2.24, 2.45) is 0 Å². The van der Waals surface area contributed by atoms with E-state index in [1.807, 2.05) is 6.07 Å². The quantitative estimate of drug-likeness (QED) is 0.821. The summed E-state index contributed by atoms with van der Waals surface area (Å²) in [6, 6.07) is 4.77. The zero-order valence-corrected chi connectivity index (χ0v) is 10.8. The standard InChI is InChI=1S/C14H15ClFNO/c15-11-7-10(8-12(16)9-11)14(3-4-14)17-5-1-13(18)2-6-17/h7-9H,1-6H2. The Kier molecular flexibility index (Phi) is 2.91. The number of carbonyl (C=O) groups excluding carboxylic acids is 1. The molecule has 0 spiro atoms. The molecule has 0 N–H and O–H groups in total. The Morgan fingerprint density at radius 3 is 2.39 bits per heavy atom. The molecule has 1 aromatic carbocycles. The van der Waals surface area contributed by atoms with Crippen LogP contribution in [0.3, 0.4) is 0 Å². The molecule has 2 aliphatic rings. The molecule has 1 aliphatic carbocycles. The van der Waals surface area contributed by atoms with Gasteiger partial charge < -0.3 is 0 Å². The average Bonchev–Trinajstić information content (AvgIpc) is 3.10. The highest BCUT2D eigenvalue weighted by Crippen LogP contribution is 2.52. The number of piperidine rings is 1. The van der Waals surface area contributed by atoms with Crippen molar-refractivity contribution in [3.8, 4) is 0 Å². The van der Waals surface area contributed by atoms with Crippen LogP contribution in [0.5, 0.6) is 0 Å². The van der Waals surface area contributed by atoms with Crippen molar-refractivity contribution in [3.05, 3.63) is 34.6 Å². The predicted octanol–water partition coefficient (Wildman–Crippen LogP) is 3.13. The lowest BCUT2D eigenvalue weighted by Gasteiger charge is -2.35. The van der Waals surface area contributed by atoms with Crippen molar-refractivity contribution in [3.63, 3.8) is 0 Å². The molecule has 2 fully saturated rings. The lowest BCUT2D eigenvalue weighted by molar-refractivity contribution is -0.122. The van der Waals surface area contributed by atoms with Gasteiger partial charge in [-0.1, -0.05) is 11.6 Å². The smallest absolute Gasteiger partial charge is 0.135 e. The number of nitrogens with zero attached hydrogens (tertiary/aromatic N) is 1. The molecule has 0 bridgehead atoms. The fourth-order valence-electron chi connectivity index (χ4n) is 2.91. The first kappa shape index (κ1) is 12.1. The van der Waals surface area contributed by atoms with Crippen LogP contribution in [-0.4, -0.2) is 23.8 Å². The zero-order chi connectivity index (χ0) is 12.8. The van der Waals surface area contributed by atoms with Crippen molar-refractivity contribution in [2.75, 3.05) is 13.1 Å². The van der Waals surface area contributed by atoms with Gasteiger partial charge in [-0.25, -0.2) is 4.39 Å². The van der Waals surface area contributed by atoms with Crippen LogP contribution in [0.1, 0.15) is 31.2 Å². The molecule has 18 heavy (non-hydrogen) atoms. The number of rotatable bonds is 2. The van der Waals surface area contributed by atoms with Gasteiger partial charge in [0.05, 0.1) is 0 Å². The lowest BCUT2D eigenvalue weighted by Crippen LogP contribution is -2.41. The van der Waals surface area contributed by atoms with Gasteiger partial charge in [-0.3, -0.25) is 9.69 Å². The summed E-state index contributed by atoms with van der Waals surface area (Å²) in [6.45, 7) is 1.57. The monoisotopic (exact) mass is 267 g/mol. The number of hydrogen-bond donors (Lipinski definition) is 0. The molecule has 1 aromatic rings. The van der Waals surface area contributed by atoms with Crippen LogP contribution in [0.2, 0.25) is 5.02 Å². The third-order valence-corrected chi connectivity index (χ3v) is 4.27. The molecule has 1 aliphatic heterocycles. The van der Waals surface area contributed by atoms with Crippen LogP contribution in [0.4, 0.5) is 4.39 Å². The van der Waals surface area contributed by atoms with Crippen LogP contribution >= 0.6 is 11.6 Å². The molecule has 2 nitrogen and oxygen atoms in total. The second kappa shape index (κ2) is 4.32. The van der Waals surface area contributed by atoms with Gasteiger partial charge in [-0.05, 0) is 36.6 Å². The maximum atomic E-state index is 13.5. The Hall–Kier alpha value is -0.930. The van der Waals surface area contributed by atoms with E-state index in [1.165, 1.54) is 6.07 Å². The summed E-state index contributed by atoms with van der Waals surface area (Å²) in [5, 5.41) is 0.448. The Bertz CT molecular complexity index is 468. The summed E-state index contributed by atoms with van der Waals surface area (Å²) in [5.41, 5.74) is 0.897. The molecule has 0 radical (unpaired) electrons. The van der Waals surface area contributed by atoms with Crippen molar-refractivity contribution in [1.82, 2.24) is 4.90 Å². The van der Waals surface area contributed by atoms with E-state index in [0.717, 1.165) is 31.5 Å². The van der Waals surface area contributed by atoms with Gasteiger partial charge in [-0.2, -0.15) is 0 Å². The van der Waals surface area contributed by atoms with Crippen LogP contribution in [0.25, 0.3) is 0 Å². The molecular weight excluding hydrogens is 253 g/mol. The minimum Gasteiger partial charge on any atom is -0.300 e. The number of Topliss-reactive ketones (excluding diaryl/α,β-unsaturated/α-hetero) is 1. The van der Waals surface area contributed by atoms with Gasteiger partial charge in [0.1, 0.15) is 11.6 Å². The van der Waals surface area contributed by atoms with Gasteiger partial charge in [0, 0.05) is 36.5 Å². The van der Waals surface area contributed by atoms with E-state index in [2.05, 4.69) is 4.90 Å². The summed E-state index contributed by atoms with van der Waals surface area (Å²) < 4.78 is 13.5. The number of ketones is 1. The van der Waals surface area contributed by atoms with E-state index in [4.69, 9.17) is 11.6 Å². The molecule has 96 valence electrons. The second-order valence-electron chi connectivity index (χ2n) is 5.22. The third-order valence-electron chi connectivity index (χ3n) is 4.05. The van der Waals surface area contributed by atoms with E-state index in [-0.39, 0.29) is 11.4 Å². The molecule has 1 heterocycles. The molecular formula is C14H15ClFNO. The van der Waals surface area contributed by atoms with E-state index >= 15 is 0 Å². The van der Waals surface area contributed by atoms with Gasteiger partial charge in [0.2, 0.25) is 0 Å². The van der Waals surface area contributed by atoms with E-state index < -0.39 is 0 Å². The molecule has 0 aromatic heterocycles. The molecule has 1 saturated carbocycles. The summed E-state index contributed by atoms with van der Waals surface area (Å²) in [5.74, 6) is 0.0520. The fraction of sp³-hybridized carbons (Fsp3) is 0.500. The van der Waals surface area contributed by atoms with Gasteiger partial charge in [0.15, 0.2) is 0 Å². The number of benzene rings is 1. The maximum Gasteiger partial charge on any atom is 0.135 e. The third kappa shape index (κ3) is 2.06. The number of hydrogen-bond acceptors (Lipinski definition) is 2. The summed E-state index contributed by atoms with van der Waals surface area (Å²) in [6.07, 6.45) is 3.29. The summed E-state index contributed by atoms with van der Waals surface area (Å²) in [7, 11) is 0. The largest absolute Gasteiger partial charge is 0.300 e. The molecule has 0 unspecified atom stereocenters. The second-order valence-corrected chi connectivity index (χ2v) is 5.65. The van der Waals surface area contributed by atoms with Gasteiger partial charge in [-0.15, -0.1) is 0 Å². The fourth-order valence-corrected chi connectivity index (χ4v) is 3.13. The van der Waals surface area contributed by atoms with Crippen molar-refractivity contribution in [2.45, 2.75) is 31.2 Å². The Morgan fingerprint density at radius 1 is 1.17 bits per heavy atom.